The van der Waals surface area contributed by atoms with Crippen LogP contribution in [0.3, 0.4) is 0 Å². The van der Waals surface area contributed by atoms with Gasteiger partial charge in [-0.25, -0.2) is 0 Å². The van der Waals surface area contributed by atoms with Crippen LogP contribution >= 0.6 is 0 Å². The molecule has 14 heavy (non-hydrogen) atoms. The first-order valence-corrected chi connectivity index (χ1v) is 5.43. The zero-order valence-corrected chi connectivity index (χ0v) is 8.79. The maximum Gasteiger partial charge on any atom is 0.0541 e. The predicted octanol–water partition coefficient (Wildman–Crippen LogP) is 2.50. The standard InChI is InChI=1S/C12H18N2/c1-12(7-3-4-8-12)14-10-11-6-2-5-9-13-11/h2,5-6,9,14H,3-4,7-8,10H2,1H3. The largest absolute Gasteiger partial charge is 0.306 e. The molecular formula is C12H18N2. The molecule has 0 spiro atoms. The van der Waals surface area contributed by atoms with Crippen molar-refractivity contribution in [3.05, 3.63) is 30.1 Å². The summed E-state index contributed by atoms with van der Waals surface area (Å²) in [6.07, 6.45) is 7.20. The van der Waals surface area contributed by atoms with Crippen LogP contribution in [-0.2, 0) is 6.54 Å². The highest BCUT2D eigenvalue weighted by Crippen LogP contribution is 2.28. The van der Waals surface area contributed by atoms with Gasteiger partial charge in [-0.3, -0.25) is 4.98 Å². The lowest BCUT2D eigenvalue weighted by Gasteiger charge is -2.25. The van der Waals surface area contributed by atoms with Crippen LogP contribution in [-0.4, -0.2) is 10.5 Å². The highest BCUT2D eigenvalue weighted by Gasteiger charge is 2.27. The van der Waals surface area contributed by atoms with Crippen molar-refractivity contribution >= 4 is 0 Å². The lowest BCUT2D eigenvalue weighted by molar-refractivity contribution is 0.360. The van der Waals surface area contributed by atoms with Crippen molar-refractivity contribution in [2.75, 3.05) is 0 Å². The van der Waals surface area contributed by atoms with Crippen LogP contribution in [0.5, 0.6) is 0 Å². The fraction of sp³-hybridized carbons (Fsp3) is 0.583. The van der Waals surface area contributed by atoms with Gasteiger partial charge in [-0.15, -0.1) is 0 Å². The summed E-state index contributed by atoms with van der Waals surface area (Å²) in [5, 5.41) is 3.61. The van der Waals surface area contributed by atoms with E-state index in [0.717, 1.165) is 12.2 Å². The Kier molecular flexibility index (Phi) is 2.82. The Balaban J connectivity index is 1.88. The first-order valence-electron chi connectivity index (χ1n) is 5.43. The van der Waals surface area contributed by atoms with Crippen LogP contribution in [0.15, 0.2) is 24.4 Å². The Morgan fingerprint density at radius 3 is 2.79 bits per heavy atom. The Labute approximate surface area is 85.7 Å². The molecule has 76 valence electrons. The minimum Gasteiger partial charge on any atom is -0.306 e. The Morgan fingerprint density at radius 1 is 1.36 bits per heavy atom. The molecule has 1 aromatic heterocycles. The number of nitrogens with zero attached hydrogens (tertiary/aromatic N) is 1. The van der Waals surface area contributed by atoms with Gasteiger partial charge in [-0.05, 0) is 31.9 Å². The zero-order chi connectivity index (χ0) is 9.86. The normalized spacial score (nSPS) is 19.8. The van der Waals surface area contributed by atoms with Gasteiger partial charge in [0.15, 0.2) is 0 Å². The molecule has 0 saturated heterocycles. The van der Waals surface area contributed by atoms with Gasteiger partial charge in [0.2, 0.25) is 0 Å². The van der Waals surface area contributed by atoms with E-state index >= 15 is 0 Å². The fourth-order valence-corrected chi connectivity index (χ4v) is 2.14. The van der Waals surface area contributed by atoms with Crippen molar-refractivity contribution in [2.24, 2.45) is 0 Å². The van der Waals surface area contributed by atoms with E-state index in [1.807, 2.05) is 18.3 Å². The predicted molar refractivity (Wildman–Crippen MR) is 57.9 cm³/mol. The monoisotopic (exact) mass is 190 g/mol. The molecule has 1 saturated carbocycles. The molecule has 1 N–H and O–H groups in total. The first kappa shape index (κ1) is 9.66. The molecule has 2 heteroatoms. The van der Waals surface area contributed by atoms with Crippen molar-refractivity contribution in [1.82, 2.24) is 10.3 Å². The summed E-state index contributed by atoms with van der Waals surface area (Å²) < 4.78 is 0. The highest BCUT2D eigenvalue weighted by atomic mass is 15.0. The van der Waals surface area contributed by atoms with E-state index in [2.05, 4.69) is 23.3 Å². The van der Waals surface area contributed by atoms with Crippen molar-refractivity contribution in [3.8, 4) is 0 Å². The Hall–Kier alpha value is -0.890. The topological polar surface area (TPSA) is 24.9 Å². The summed E-state index contributed by atoms with van der Waals surface area (Å²) in [7, 11) is 0. The van der Waals surface area contributed by atoms with E-state index < -0.39 is 0 Å². The molecule has 1 heterocycles. The summed E-state index contributed by atoms with van der Waals surface area (Å²) >= 11 is 0. The average Bonchev–Trinajstić information content (AvgIpc) is 2.65. The van der Waals surface area contributed by atoms with E-state index in [4.69, 9.17) is 0 Å². The van der Waals surface area contributed by atoms with Crippen LogP contribution in [0.25, 0.3) is 0 Å². The molecular weight excluding hydrogens is 172 g/mol. The molecule has 0 radical (unpaired) electrons. The van der Waals surface area contributed by atoms with E-state index in [1.54, 1.807) is 0 Å². The van der Waals surface area contributed by atoms with Gasteiger partial charge < -0.3 is 5.32 Å². The van der Waals surface area contributed by atoms with Crippen LogP contribution in [0.1, 0.15) is 38.3 Å². The zero-order valence-electron chi connectivity index (χ0n) is 8.79. The molecule has 0 unspecified atom stereocenters. The van der Waals surface area contributed by atoms with Gasteiger partial charge in [0.1, 0.15) is 0 Å². The number of pyridine rings is 1. The van der Waals surface area contributed by atoms with Gasteiger partial charge >= 0.3 is 0 Å². The Bertz CT molecular complexity index is 276. The van der Waals surface area contributed by atoms with Gasteiger partial charge in [0.05, 0.1) is 5.69 Å². The smallest absolute Gasteiger partial charge is 0.0541 e. The van der Waals surface area contributed by atoms with Crippen molar-refractivity contribution < 1.29 is 0 Å². The second kappa shape index (κ2) is 4.09. The molecule has 1 aromatic rings. The molecule has 0 amide bonds. The number of hydrogen-bond acceptors (Lipinski definition) is 2. The minimum absolute atomic E-state index is 0.359. The van der Waals surface area contributed by atoms with Crippen LogP contribution < -0.4 is 5.32 Å². The highest BCUT2D eigenvalue weighted by molar-refractivity contribution is 5.04. The summed E-state index contributed by atoms with van der Waals surface area (Å²) in [4.78, 5) is 4.31. The molecule has 0 atom stereocenters. The van der Waals surface area contributed by atoms with E-state index in [0.29, 0.717) is 5.54 Å². The van der Waals surface area contributed by atoms with Gasteiger partial charge in [0.25, 0.3) is 0 Å². The average molecular weight is 190 g/mol. The second-order valence-electron chi connectivity index (χ2n) is 4.44. The second-order valence-corrected chi connectivity index (χ2v) is 4.44. The summed E-state index contributed by atoms with van der Waals surface area (Å²) in [5.41, 5.74) is 1.50. The van der Waals surface area contributed by atoms with Crippen LogP contribution in [0, 0.1) is 0 Å². The fourth-order valence-electron chi connectivity index (χ4n) is 2.14. The quantitative estimate of drug-likeness (QED) is 0.792. The van der Waals surface area contributed by atoms with Gasteiger partial charge in [0, 0.05) is 18.3 Å². The number of nitrogens with one attached hydrogen (secondary N) is 1. The molecule has 0 aromatic carbocycles. The molecule has 2 nitrogen and oxygen atoms in total. The minimum atomic E-state index is 0.359. The van der Waals surface area contributed by atoms with E-state index in [1.165, 1.54) is 25.7 Å². The number of hydrogen-bond donors (Lipinski definition) is 1. The van der Waals surface area contributed by atoms with Crippen LogP contribution in [0.2, 0.25) is 0 Å². The maximum atomic E-state index is 4.31. The summed E-state index contributed by atoms with van der Waals surface area (Å²) in [6, 6.07) is 6.08. The van der Waals surface area contributed by atoms with Crippen molar-refractivity contribution in [1.29, 1.82) is 0 Å². The van der Waals surface area contributed by atoms with Crippen LogP contribution in [0.4, 0.5) is 0 Å². The third kappa shape index (κ3) is 2.32. The van der Waals surface area contributed by atoms with Crippen molar-refractivity contribution in [3.63, 3.8) is 0 Å². The van der Waals surface area contributed by atoms with Crippen molar-refractivity contribution in [2.45, 2.75) is 44.7 Å². The maximum absolute atomic E-state index is 4.31. The van der Waals surface area contributed by atoms with E-state index in [-0.39, 0.29) is 0 Å². The molecule has 1 fully saturated rings. The summed E-state index contributed by atoms with van der Waals surface area (Å²) in [5.74, 6) is 0. The number of rotatable bonds is 3. The number of aromatic nitrogens is 1. The van der Waals surface area contributed by atoms with Gasteiger partial charge in [-0.2, -0.15) is 0 Å². The molecule has 1 aliphatic rings. The Morgan fingerprint density at radius 2 is 2.14 bits per heavy atom. The SMILES string of the molecule is CC1(NCc2ccccn2)CCCC1. The molecule has 0 bridgehead atoms. The third-order valence-electron chi connectivity index (χ3n) is 3.13. The van der Waals surface area contributed by atoms with E-state index in [9.17, 15) is 0 Å². The first-order chi connectivity index (χ1) is 6.79. The van der Waals surface area contributed by atoms with Gasteiger partial charge in [-0.1, -0.05) is 18.9 Å². The lowest BCUT2D eigenvalue weighted by Crippen LogP contribution is -2.38. The third-order valence-corrected chi connectivity index (χ3v) is 3.13. The molecule has 1 aliphatic carbocycles. The molecule has 0 aliphatic heterocycles. The summed E-state index contributed by atoms with van der Waals surface area (Å²) in [6.45, 7) is 3.22. The molecule has 2 rings (SSSR count). The lowest BCUT2D eigenvalue weighted by atomic mass is 10.0.